The summed E-state index contributed by atoms with van der Waals surface area (Å²) in [6.07, 6.45) is 2.97. The third-order valence-electron chi connectivity index (χ3n) is 3.99. The van der Waals surface area contributed by atoms with Crippen molar-refractivity contribution in [3.8, 4) is 0 Å². The van der Waals surface area contributed by atoms with Crippen LogP contribution in [0.4, 0.5) is 5.00 Å². The predicted molar refractivity (Wildman–Crippen MR) is 107 cm³/mol. The smallest absolute Gasteiger partial charge is 0.341 e. The van der Waals surface area contributed by atoms with Crippen molar-refractivity contribution in [3.63, 3.8) is 0 Å². The fourth-order valence-corrected chi connectivity index (χ4v) is 4.79. The van der Waals surface area contributed by atoms with Crippen molar-refractivity contribution in [2.24, 2.45) is 0 Å². The first kappa shape index (κ1) is 18.5. The Balaban J connectivity index is 1.70. The lowest BCUT2D eigenvalue weighted by molar-refractivity contribution is 0.0601. The predicted octanol–water partition coefficient (Wildman–Crippen LogP) is 4.82. The lowest BCUT2D eigenvalue weighted by atomic mass is 10.1. The van der Waals surface area contributed by atoms with E-state index in [1.807, 2.05) is 6.07 Å². The zero-order chi connectivity index (χ0) is 18.0. The fraction of sp³-hybridized carbons (Fsp3) is 0.294. The van der Waals surface area contributed by atoms with Gasteiger partial charge in [-0.05, 0) is 54.7 Å². The van der Waals surface area contributed by atoms with E-state index in [9.17, 15) is 4.79 Å². The molecule has 4 nitrogen and oxygen atoms in total. The van der Waals surface area contributed by atoms with E-state index < -0.39 is 0 Å². The summed E-state index contributed by atoms with van der Waals surface area (Å²) in [4.78, 5) is 13.4. The van der Waals surface area contributed by atoms with Crippen LogP contribution in [0.3, 0.4) is 0 Å². The summed E-state index contributed by atoms with van der Waals surface area (Å²) in [5.41, 5.74) is 2.58. The van der Waals surface area contributed by atoms with Gasteiger partial charge in [-0.15, -0.1) is 11.3 Å². The van der Waals surface area contributed by atoms with Crippen molar-refractivity contribution < 1.29 is 9.53 Å². The second-order valence-corrected chi connectivity index (χ2v) is 7.95. The molecular formula is C17H16Cl2N2O2S2. The number of ether oxygens (including phenoxy) is 1. The number of fused-ring (bicyclic) bond motifs is 1. The number of esters is 1. The van der Waals surface area contributed by atoms with Gasteiger partial charge >= 0.3 is 5.97 Å². The van der Waals surface area contributed by atoms with Crippen LogP contribution in [0.5, 0.6) is 0 Å². The number of nitrogens with one attached hydrogen (secondary N) is 2. The van der Waals surface area contributed by atoms with E-state index in [1.54, 1.807) is 23.5 Å². The van der Waals surface area contributed by atoms with E-state index in [0.717, 1.165) is 35.4 Å². The minimum Gasteiger partial charge on any atom is -0.465 e. The van der Waals surface area contributed by atoms with Crippen molar-refractivity contribution in [2.75, 3.05) is 12.4 Å². The number of benzene rings is 1. The van der Waals surface area contributed by atoms with Crippen molar-refractivity contribution in [1.82, 2.24) is 5.32 Å². The van der Waals surface area contributed by atoms with Gasteiger partial charge < -0.3 is 15.4 Å². The van der Waals surface area contributed by atoms with Crippen molar-refractivity contribution in [2.45, 2.75) is 25.8 Å². The Bertz CT molecular complexity index is 836. The maximum absolute atomic E-state index is 12.1. The number of hydrogen-bond acceptors (Lipinski definition) is 4. The van der Waals surface area contributed by atoms with Crippen LogP contribution in [-0.2, 0) is 24.1 Å². The maximum atomic E-state index is 12.1. The number of rotatable bonds is 4. The van der Waals surface area contributed by atoms with E-state index in [4.69, 9.17) is 40.2 Å². The van der Waals surface area contributed by atoms with Gasteiger partial charge in [0.15, 0.2) is 5.11 Å². The number of thiocarbonyl (C=S) groups is 1. The van der Waals surface area contributed by atoms with Gasteiger partial charge in [0, 0.05) is 21.5 Å². The Labute approximate surface area is 165 Å². The van der Waals surface area contributed by atoms with E-state index in [-0.39, 0.29) is 5.97 Å². The van der Waals surface area contributed by atoms with Gasteiger partial charge in [0.05, 0.1) is 12.7 Å². The van der Waals surface area contributed by atoms with Crippen LogP contribution in [0.25, 0.3) is 0 Å². The SMILES string of the molecule is COC(=O)c1c(NC(=S)NCc2ccc(Cl)cc2Cl)sc2c1CCC2. The second-order valence-electron chi connectivity index (χ2n) is 5.60. The molecule has 0 unspecified atom stereocenters. The summed E-state index contributed by atoms with van der Waals surface area (Å²) in [6, 6.07) is 5.32. The summed E-state index contributed by atoms with van der Waals surface area (Å²) in [5.74, 6) is -0.328. The zero-order valence-electron chi connectivity index (χ0n) is 13.4. The van der Waals surface area contributed by atoms with Gasteiger partial charge in [-0.25, -0.2) is 4.79 Å². The molecule has 2 aromatic rings. The summed E-state index contributed by atoms with van der Waals surface area (Å²) >= 11 is 19.0. The molecule has 132 valence electrons. The molecule has 1 heterocycles. The Kier molecular flexibility index (Phi) is 5.84. The second kappa shape index (κ2) is 7.91. The van der Waals surface area contributed by atoms with Crippen molar-refractivity contribution >= 4 is 62.8 Å². The first-order valence-electron chi connectivity index (χ1n) is 7.71. The summed E-state index contributed by atoms with van der Waals surface area (Å²) < 4.78 is 4.93. The average molecular weight is 415 g/mol. The minimum absolute atomic E-state index is 0.328. The molecule has 1 aromatic heterocycles. The summed E-state index contributed by atoms with van der Waals surface area (Å²) in [7, 11) is 1.39. The van der Waals surface area contributed by atoms with E-state index in [1.165, 1.54) is 12.0 Å². The normalized spacial score (nSPS) is 12.6. The maximum Gasteiger partial charge on any atom is 0.341 e. The molecule has 0 fully saturated rings. The van der Waals surface area contributed by atoms with Crippen LogP contribution in [0.1, 0.15) is 32.8 Å². The fourth-order valence-electron chi connectivity index (χ4n) is 2.80. The van der Waals surface area contributed by atoms with Crippen LogP contribution >= 0.6 is 46.8 Å². The minimum atomic E-state index is -0.328. The molecule has 1 aliphatic carbocycles. The molecule has 0 bridgehead atoms. The molecule has 0 saturated carbocycles. The third-order valence-corrected chi connectivity index (χ3v) is 6.03. The van der Waals surface area contributed by atoms with E-state index in [2.05, 4.69) is 10.6 Å². The topological polar surface area (TPSA) is 50.4 Å². The Morgan fingerprint density at radius 2 is 2.16 bits per heavy atom. The van der Waals surface area contributed by atoms with Crippen molar-refractivity contribution in [3.05, 3.63) is 49.8 Å². The molecule has 1 aromatic carbocycles. The Morgan fingerprint density at radius 1 is 1.36 bits per heavy atom. The molecule has 2 N–H and O–H groups in total. The number of aryl methyl sites for hydroxylation is 1. The molecule has 0 saturated heterocycles. The number of anilines is 1. The highest BCUT2D eigenvalue weighted by Gasteiger charge is 2.27. The highest BCUT2D eigenvalue weighted by Crippen LogP contribution is 2.39. The van der Waals surface area contributed by atoms with Gasteiger partial charge in [0.25, 0.3) is 0 Å². The number of carbonyl (C=O) groups is 1. The van der Waals surface area contributed by atoms with E-state index >= 15 is 0 Å². The van der Waals surface area contributed by atoms with Gasteiger partial charge in [-0.3, -0.25) is 0 Å². The van der Waals surface area contributed by atoms with Crippen LogP contribution in [0.2, 0.25) is 10.0 Å². The summed E-state index contributed by atoms with van der Waals surface area (Å²) in [6.45, 7) is 0.459. The third kappa shape index (κ3) is 4.08. The van der Waals surface area contributed by atoms with Crippen LogP contribution in [0.15, 0.2) is 18.2 Å². The number of thiophene rings is 1. The Morgan fingerprint density at radius 3 is 2.88 bits per heavy atom. The monoisotopic (exact) mass is 414 g/mol. The van der Waals surface area contributed by atoms with E-state index in [0.29, 0.717) is 27.3 Å². The van der Waals surface area contributed by atoms with Gasteiger partial charge in [-0.1, -0.05) is 29.3 Å². The lowest BCUT2D eigenvalue weighted by Crippen LogP contribution is -2.28. The largest absolute Gasteiger partial charge is 0.465 e. The van der Waals surface area contributed by atoms with Crippen LogP contribution in [0, 0.1) is 0 Å². The molecule has 0 aliphatic heterocycles. The first-order valence-corrected chi connectivity index (χ1v) is 9.69. The molecule has 0 amide bonds. The van der Waals surface area contributed by atoms with Gasteiger partial charge in [0.1, 0.15) is 5.00 Å². The average Bonchev–Trinajstić information content (AvgIpc) is 3.14. The molecule has 0 atom stereocenters. The molecular weight excluding hydrogens is 399 g/mol. The molecule has 8 heteroatoms. The van der Waals surface area contributed by atoms with Crippen LogP contribution < -0.4 is 10.6 Å². The standard InChI is InChI=1S/C17H16Cl2N2O2S2/c1-23-16(22)14-11-3-2-4-13(11)25-15(14)21-17(24)20-8-9-5-6-10(18)7-12(9)19/h5-7H,2-4,8H2,1H3,(H2,20,21,24). The molecule has 1 aliphatic rings. The number of carbonyl (C=O) groups excluding carboxylic acids is 1. The Hall–Kier alpha value is -1.34. The summed E-state index contributed by atoms with van der Waals surface area (Å²) in [5, 5.41) is 8.55. The quantitative estimate of drug-likeness (QED) is 0.554. The number of methoxy groups -OCH3 is 1. The van der Waals surface area contributed by atoms with Gasteiger partial charge in [0.2, 0.25) is 0 Å². The van der Waals surface area contributed by atoms with Crippen molar-refractivity contribution in [1.29, 1.82) is 0 Å². The number of halogens is 2. The highest BCUT2D eigenvalue weighted by atomic mass is 35.5. The molecule has 25 heavy (non-hydrogen) atoms. The highest BCUT2D eigenvalue weighted by molar-refractivity contribution is 7.80. The molecule has 0 spiro atoms. The molecule has 0 radical (unpaired) electrons. The first-order chi connectivity index (χ1) is 12.0. The number of hydrogen-bond donors (Lipinski definition) is 2. The zero-order valence-corrected chi connectivity index (χ0v) is 16.6. The van der Waals surface area contributed by atoms with Gasteiger partial charge in [-0.2, -0.15) is 0 Å². The van der Waals surface area contributed by atoms with Crippen LogP contribution in [-0.4, -0.2) is 18.2 Å². The molecule has 3 rings (SSSR count). The lowest BCUT2D eigenvalue weighted by Gasteiger charge is -2.12.